The van der Waals surface area contributed by atoms with Crippen molar-refractivity contribution in [1.29, 1.82) is 0 Å². The van der Waals surface area contributed by atoms with E-state index in [-0.39, 0.29) is 0 Å². The van der Waals surface area contributed by atoms with Crippen LogP contribution in [-0.4, -0.2) is 4.57 Å². The van der Waals surface area contributed by atoms with Crippen LogP contribution in [0.2, 0.25) is 0 Å². The van der Waals surface area contributed by atoms with Gasteiger partial charge in [0.05, 0.1) is 22.1 Å². The fraction of sp³-hybridized carbons (Fsp3) is 0. The topological polar surface area (TPSA) is 21.3 Å². The second-order valence-electron chi connectivity index (χ2n) is 16.9. The molecule has 0 saturated heterocycles. The molecule has 2 heterocycles. The highest BCUT2D eigenvalue weighted by Crippen LogP contribution is 2.47. The van der Waals surface area contributed by atoms with Crippen LogP contribution < -0.4 is 4.90 Å². The van der Waals surface area contributed by atoms with Crippen molar-refractivity contribution in [3.63, 3.8) is 0 Å². The molecule has 13 rings (SSSR count). The molecule has 0 radical (unpaired) electrons. The number of anilines is 3. The summed E-state index contributed by atoms with van der Waals surface area (Å²) in [6.45, 7) is 0. The molecule has 0 fully saturated rings. The highest BCUT2D eigenvalue weighted by Gasteiger charge is 2.23. The van der Waals surface area contributed by atoms with Crippen LogP contribution in [0.5, 0.6) is 0 Å². The van der Waals surface area contributed by atoms with E-state index in [9.17, 15) is 0 Å². The summed E-state index contributed by atoms with van der Waals surface area (Å²) in [6.07, 6.45) is 0. The van der Waals surface area contributed by atoms with Crippen LogP contribution in [0.15, 0.2) is 247 Å². The van der Waals surface area contributed by atoms with Crippen LogP contribution in [-0.2, 0) is 0 Å². The average Bonchev–Trinajstić information content (AvgIpc) is 3.94. The monoisotopic (exact) mass is 828 g/mol. The molecule has 0 spiro atoms. The molecule has 0 aliphatic heterocycles. The molecular formula is C62H40N2O. The maximum absolute atomic E-state index is 6.97. The first-order valence-electron chi connectivity index (χ1n) is 22.2. The summed E-state index contributed by atoms with van der Waals surface area (Å²) in [5.74, 6) is 0. The van der Waals surface area contributed by atoms with Gasteiger partial charge in [-0.1, -0.05) is 170 Å². The summed E-state index contributed by atoms with van der Waals surface area (Å²) in [7, 11) is 0. The highest BCUT2D eigenvalue weighted by atomic mass is 16.3. The van der Waals surface area contributed by atoms with Gasteiger partial charge in [0.15, 0.2) is 0 Å². The lowest BCUT2D eigenvalue weighted by Gasteiger charge is -2.27. The van der Waals surface area contributed by atoms with Crippen molar-refractivity contribution in [1.82, 2.24) is 4.57 Å². The van der Waals surface area contributed by atoms with Crippen molar-refractivity contribution in [3.05, 3.63) is 243 Å². The lowest BCUT2D eigenvalue weighted by Crippen LogP contribution is -2.10. The van der Waals surface area contributed by atoms with Crippen LogP contribution in [0.1, 0.15) is 0 Å². The van der Waals surface area contributed by atoms with E-state index in [0.717, 1.165) is 55.8 Å². The summed E-state index contributed by atoms with van der Waals surface area (Å²) >= 11 is 0. The Morgan fingerprint density at radius 2 is 0.923 bits per heavy atom. The second kappa shape index (κ2) is 15.0. The Balaban J connectivity index is 0.989. The normalized spacial score (nSPS) is 11.7. The Kier molecular flexibility index (Phi) is 8.53. The number of furan rings is 1. The summed E-state index contributed by atoms with van der Waals surface area (Å²) < 4.78 is 9.35. The quantitative estimate of drug-likeness (QED) is 0.160. The first-order chi connectivity index (χ1) is 32.2. The molecule has 304 valence electrons. The molecule has 0 bridgehead atoms. The number of hydrogen-bond donors (Lipinski definition) is 0. The Hall–Kier alpha value is -8.66. The Morgan fingerprint density at radius 3 is 1.68 bits per heavy atom. The predicted octanol–water partition coefficient (Wildman–Crippen LogP) is 17.5. The molecule has 13 aromatic rings. The third-order valence-corrected chi connectivity index (χ3v) is 13.2. The molecule has 0 saturated carbocycles. The molecule has 0 N–H and O–H groups in total. The molecule has 0 unspecified atom stereocenters. The van der Waals surface area contributed by atoms with Crippen LogP contribution >= 0.6 is 0 Å². The Morgan fingerprint density at radius 1 is 0.338 bits per heavy atom. The molecule has 3 heteroatoms. The van der Waals surface area contributed by atoms with E-state index in [4.69, 9.17) is 4.42 Å². The minimum atomic E-state index is 0.854. The number of fused-ring (bicyclic) bond motifs is 8. The third-order valence-electron chi connectivity index (χ3n) is 13.2. The Labute approximate surface area is 376 Å². The van der Waals surface area contributed by atoms with Crippen molar-refractivity contribution in [2.75, 3.05) is 4.90 Å². The molecule has 3 nitrogen and oxygen atoms in total. The second-order valence-corrected chi connectivity index (χ2v) is 16.9. The van der Waals surface area contributed by atoms with Gasteiger partial charge in [0.1, 0.15) is 11.2 Å². The van der Waals surface area contributed by atoms with Gasteiger partial charge in [0.2, 0.25) is 0 Å². The van der Waals surface area contributed by atoms with Gasteiger partial charge in [-0.25, -0.2) is 0 Å². The maximum Gasteiger partial charge on any atom is 0.145 e. The zero-order valence-electron chi connectivity index (χ0n) is 35.4. The van der Waals surface area contributed by atoms with E-state index >= 15 is 0 Å². The zero-order valence-corrected chi connectivity index (χ0v) is 35.4. The van der Waals surface area contributed by atoms with E-state index in [1.807, 2.05) is 0 Å². The molecule has 0 atom stereocenters. The van der Waals surface area contributed by atoms with Gasteiger partial charge >= 0.3 is 0 Å². The number of rotatable bonds is 7. The van der Waals surface area contributed by atoms with E-state index in [2.05, 4.69) is 252 Å². The van der Waals surface area contributed by atoms with Gasteiger partial charge in [0.25, 0.3) is 0 Å². The van der Waals surface area contributed by atoms with Crippen molar-refractivity contribution < 1.29 is 4.42 Å². The lowest BCUT2D eigenvalue weighted by atomic mass is 9.97. The zero-order chi connectivity index (χ0) is 42.8. The van der Waals surface area contributed by atoms with Gasteiger partial charge in [-0.3, -0.25) is 0 Å². The molecule has 2 aromatic heterocycles. The minimum absolute atomic E-state index is 0.854. The van der Waals surface area contributed by atoms with Crippen LogP contribution in [0, 0.1) is 0 Å². The third kappa shape index (κ3) is 6.12. The van der Waals surface area contributed by atoms with Crippen molar-refractivity contribution >= 4 is 82.4 Å². The van der Waals surface area contributed by atoms with Crippen LogP contribution in [0.25, 0.3) is 104 Å². The highest BCUT2D eigenvalue weighted by molar-refractivity contribution is 6.17. The van der Waals surface area contributed by atoms with E-state index in [0.29, 0.717) is 0 Å². The molecule has 0 aliphatic carbocycles. The van der Waals surface area contributed by atoms with Gasteiger partial charge < -0.3 is 13.9 Å². The van der Waals surface area contributed by atoms with Crippen molar-refractivity contribution in [3.8, 4) is 39.1 Å². The lowest BCUT2D eigenvalue weighted by molar-refractivity contribution is 0.670. The van der Waals surface area contributed by atoms with Crippen molar-refractivity contribution in [2.24, 2.45) is 0 Å². The summed E-state index contributed by atoms with van der Waals surface area (Å²) in [4.78, 5) is 2.39. The minimum Gasteiger partial charge on any atom is -0.455 e. The fourth-order valence-corrected chi connectivity index (χ4v) is 10.1. The molecule has 0 amide bonds. The van der Waals surface area contributed by atoms with Crippen LogP contribution in [0.3, 0.4) is 0 Å². The summed E-state index contributed by atoms with van der Waals surface area (Å²) in [6, 6.07) is 87.6. The number of para-hydroxylation sites is 3. The number of aromatic nitrogens is 1. The Bertz CT molecular complexity index is 3890. The fourth-order valence-electron chi connectivity index (χ4n) is 10.1. The van der Waals surface area contributed by atoms with Gasteiger partial charge in [-0.2, -0.15) is 0 Å². The number of nitrogens with zero attached hydrogens (tertiary/aromatic N) is 2. The molecule has 65 heavy (non-hydrogen) atoms. The van der Waals surface area contributed by atoms with Gasteiger partial charge in [0, 0.05) is 38.8 Å². The number of hydrogen-bond acceptors (Lipinski definition) is 2. The van der Waals surface area contributed by atoms with Gasteiger partial charge in [-0.05, 0) is 122 Å². The first-order valence-corrected chi connectivity index (χ1v) is 22.2. The van der Waals surface area contributed by atoms with Gasteiger partial charge in [-0.15, -0.1) is 0 Å². The standard InChI is InChI=1S/C62H40N2O/c1-2-15-45-39-46(28-27-41(45)13-1)42-29-33-48(34-30-42)63(49-35-31-44(32-36-49)52-23-12-16-43-14-3-4-19-51(43)52)59-38-37-53(62-61(59)56-22-7-10-26-60(56)65-62)47-17-11-18-50(40-47)64-57-24-8-5-20-54(57)55-21-6-9-25-58(55)64/h1-40H. The first kappa shape index (κ1) is 36.9. The predicted molar refractivity (Wildman–Crippen MR) is 274 cm³/mol. The average molecular weight is 829 g/mol. The smallest absolute Gasteiger partial charge is 0.145 e. The van der Waals surface area contributed by atoms with E-state index in [1.54, 1.807) is 0 Å². The molecule has 11 aromatic carbocycles. The maximum atomic E-state index is 6.97. The van der Waals surface area contributed by atoms with E-state index < -0.39 is 0 Å². The summed E-state index contributed by atoms with van der Waals surface area (Å²) in [5.41, 5.74) is 15.2. The van der Waals surface area contributed by atoms with E-state index in [1.165, 1.54) is 65.6 Å². The summed E-state index contributed by atoms with van der Waals surface area (Å²) in [5, 5.41) is 9.58. The molecular weight excluding hydrogens is 789 g/mol. The number of benzene rings is 11. The van der Waals surface area contributed by atoms with Crippen LogP contribution in [0.4, 0.5) is 17.1 Å². The van der Waals surface area contributed by atoms with Crippen molar-refractivity contribution in [2.45, 2.75) is 0 Å². The largest absolute Gasteiger partial charge is 0.455 e. The molecule has 0 aliphatic rings. The SMILES string of the molecule is c1cc(-c2ccc(N(c3ccc(-c4ccc5ccccc5c4)cc3)c3ccc(-c4cccc5ccccc45)cc3)c3c2oc2ccccc23)cc(-n2c3ccccc3c3ccccc32)c1.